The number of likely N-dealkylation sites (N-methyl/N-ethyl adjacent to an activating group) is 1. The maximum absolute atomic E-state index is 14.3. The summed E-state index contributed by atoms with van der Waals surface area (Å²) in [6.45, 7) is 12.1. The molecule has 0 bridgehead atoms. The number of nitrogens with one attached hydrogen (secondary N) is 1. The van der Waals surface area contributed by atoms with Gasteiger partial charge < -0.3 is 19.7 Å². The van der Waals surface area contributed by atoms with Crippen LogP contribution in [0, 0.1) is 0 Å². The van der Waals surface area contributed by atoms with Crippen LogP contribution in [0.15, 0.2) is 107 Å². The smallest absolute Gasteiger partial charge is 0.410 e. The highest BCUT2D eigenvalue weighted by molar-refractivity contribution is 8.13. The predicted molar refractivity (Wildman–Crippen MR) is 206 cm³/mol. The van der Waals surface area contributed by atoms with Crippen molar-refractivity contribution in [1.29, 1.82) is 0 Å². The zero-order chi connectivity index (χ0) is 37.2. The first-order valence-corrected chi connectivity index (χ1v) is 18.3. The average molecular weight is 725 g/mol. The third-order valence-electron chi connectivity index (χ3n) is 9.67. The number of hydrazone groups is 1. The van der Waals surface area contributed by atoms with E-state index in [2.05, 4.69) is 53.0 Å². The van der Waals surface area contributed by atoms with E-state index in [4.69, 9.17) is 9.47 Å². The van der Waals surface area contributed by atoms with Gasteiger partial charge in [0.15, 0.2) is 5.17 Å². The Bertz CT molecular complexity index is 1720. The van der Waals surface area contributed by atoms with Gasteiger partial charge in [-0.3, -0.25) is 19.5 Å². The van der Waals surface area contributed by atoms with E-state index in [-0.39, 0.29) is 31.1 Å². The average Bonchev–Trinajstić information content (AvgIpc) is 3.78. The Labute approximate surface area is 310 Å². The number of carbonyl (C=O) groups is 3. The Balaban J connectivity index is 1.24. The molecule has 12 heteroatoms. The number of rotatable bonds is 14. The molecular weight excluding hydrogens is 677 g/mol. The molecule has 1 aliphatic heterocycles. The Hall–Kier alpha value is -4.94. The highest BCUT2D eigenvalue weighted by atomic mass is 32.2. The normalized spacial score (nSPS) is 17.0. The number of amides is 3. The van der Waals surface area contributed by atoms with Crippen molar-refractivity contribution in [2.24, 2.45) is 10.1 Å². The summed E-state index contributed by atoms with van der Waals surface area (Å²) in [6, 6.07) is 23.9. The van der Waals surface area contributed by atoms with Crippen LogP contribution >= 0.6 is 11.8 Å². The number of amidine groups is 1. The molecule has 3 amide bonds. The molecule has 1 heterocycles. The fourth-order valence-electron chi connectivity index (χ4n) is 6.70. The molecule has 5 rings (SSSR count). The lowest BCUT2D eigenvalue weighted by atomic mass is 9.98. The van der Waals surface area contributed by atoms with E-state index in [1.165, 1.54) is 23.7 Å². The van der Waals surface area contributed by atoms with E-state index in [1.54, 1.807) is 36.9 Å². The molecular formula is C40H48N6O5S. The van der Waals surface area contributed by atoms with E-state index in [0.717, 1.165) is 40.0 Å². The van der Waals surface area contributed by atoms with Gasteiger partial charge in [-0.25, -0.2) is 9.80 Å². The summed E-state index contributed by atoms with van der Waals surface area (Å²) in [5, 5.41) is 9.51. The number of fused-ring (bicyclic) bond motifs is 3. The zero-order valence-electron chi connectivity index (χ0n) is 30.3. The summed E-state index contributed by atoms with van der Waals surface area (Å²) in [4.78, 5) is 49.8. The van der Waals surface area contributed by atoms with Crippen LogP contribution in [0.2, 0.25) is 0 Å². The summed E-state index contributed by atoms with van der Waals surface area (Å²) in [7, 11) is 3.22. The Kier molecular flexibility index (Phi) is 13.3. The number of thioether (sulfide) groups is 1. The molecule has 1 fully saturated rings. The van der Waals surface area contributed by atoms with Crippen LogP contribution in [0.3, 0.4) is 0 Å². The summed E-state index contributed by atoms with van der Waals surface area (Å²) in [5.41, 5.74) is 4.45. The van der Waals surface area contributed by atoms with E-state index in [9.17, 15) is 14.4 Å². The van der Waals surface area contributed by atoms with Gasteiger partial charge >= 0.3 is 6.09 Å². The standard InChI is InChI=1S/C40H48N6O5S/c1-7-24-50-28(3)36(38(48)45-23-15-16-29(45)25-46(42-5)39(41-4)52-30-17-9-8-10-18-30)43-37(47)27(2)44(6)40(49)51-26-35-33-21-13-11-19-31(33)32-20-12-14-22-34(32)35/h7-14,17-22,27-29,35-36H,1,5,15-16,23-26H2,2-4,6H3,(H,43,47)/t27-,28+,29-,36-/m0/s1. The van der Waals surface area contributed by atoms with Crippen LogP contribution in [0.5, 0.6) is 0 Å². The monoisotopic (exact) mass is 724 g/mol. The number of carbonyl (C=O) groups excluding carboxylic acids is 3. The van der Waals surface area contributed by atoms with Gasteiger partial charge in [-0.05, 0) is 61.1 Å². The molecule has 1 saturated heterocycles. The van der Waals surface area contributed by atoms with Crippen molar-refractivity contribution in [3.63, 3.8) is 0 Å². The number of likely N-dealkylation sites (tertiary alicyclic amines) is 1. The van der Waals surface area contributed by atoms with Crippen molar-refractivity contribution in [2.75, 3.05) is 40.4 Å². The molecule has 4 atom stereocenters. The van der Waals surface area contributed by atoms with E-state index in [0.29, 0.717) is 18.3 Å². The summed E-state index contributed by atoms with van der Waals surface area (Å²) < 4.78 is 11.7. The number of hydrogen-bond acceptors (Lipinski definition) is 8. The summed E-state index contributed by atoms with van der Waals surface area (Å²) in [5.74, 6) is -0.901. The maximum Gasteiger partial charge on any atom is 0.410 e. The number of ether oxygens (including phenoxy) is 2. The molecule has 3 aromatic carbocycles. The number of hydrogen-bond donors (Lipinski definition) is 1. The van der Waals surface area contributed by atoms with Crippen molar-refractivity contribution < 1.29 is 23.9 Å². The first-order chi connectivity index (χ1) is 25.2. The lowest BCUT2D eigenvalue weighted by Gasteiger charge is -2.34. The highest BCUT2D eigenvalue weighted by Gasteiger charge is 2.39. The molecule has 0 radical (unpaired) electrons. The van der Waals surface area contributed by atoms with Crippen LogP contribution in [0.1, 0.15) is 43.7 Å². The quantitative estimate of drug-likeness (QED) is 0.0711. The SMILES string of the molecule is C=CCO[C@H](C)[C@H](NC(=O)[C@H](C)N(C)C(=O)OCC1c2ccccc2-c2ccccc21)C(=O)N1CCC[C@H]1CN(N=C)C(=NC)Sc1ccccc1. The summed E-state index contributed by atoms with van der Waals surface area (Å²) in [6.07, 6.45) is 1.80. The van der Waals surface area contributed by atoms with Crippen molar-refractivity contribution >= 4 is 41.6 Å². The second-order valence-corrected chi connectivity index (χ2v) is 13.9. The van der Waals surface area contributed by atoms with E-state index >= 15 is 0 Å². The summed E-state index contributed by atoms with van der Waals surface area (Å²) >= 11 is 1.47. The Morgan fingerprint density at radius 3 is 2.27 bits per heavy atom. The lowest BCUT2D eigenvalue weighted by Crippen LogP contribution is -2.59. The zero-order valence-corrected chi connectivity index (χ0v) is 31.1. The Morgan fingerprint density at radius 1 is 1.02 bits per heavy atom. The van der Waals surface area contributed by atoms with Crippen LogP contribution in [0.25, 0.3) is 11.1 Å². The second-order valence-electron chi connectivity index (χ2n) is 12.9. The van der Waals surface area contributed by atoms with Gasteiger partial charge in [-0.1, -0.05) is 84.6 Å². The van der Waals surface area contributed by atoms with Gasteiger partial charge in [-0.15, -0.1) is 6.58 Å². The molecule has 52 heavy (non-hydrogen) atoms. The van der Waals surface area contributed by atoms with Crippen LogP contribution < -0.4 is 5.32 Å². The lowest BCUT2D eigenvalue weighted by molar-refractivity contribution is -0.142. The van der Waals surface area contributed by atoms with Crippen molar-refractivity contribution in [3.8, 4) is 11.1 Å². The number of benzene rings is 3. The first kappa shape index (κ1) is 38.3. The first-order valence-electron chi connectivity index (χ1n) is 17.5. The molecule has 11 nitrogen and oxygen atoms in total. The van der Waals surface area contributed by atoms with Gasteiger partial charge in [-0.2, -0.15) is 5.10 Å². The van der Waals surface area contributed by atoms with Gasteiger partial charge in [0.25, 0.3) is 0 Å². The maximum atomic E-state index is 14.3. The van der Waals surface area contributed by atoms with Gasteiger partial charge in [0, 0.05) is 38.2 Å². The number of nitrogens with zero attached hydrogens (tertiary/aromatic N) is 5. The molecule has 274 valence electrons. The minimum atomic E-state index is -1.02. The van der Waals surface area contributed by atoms with Crippen molar-refractivity contribution in [1.82, 2.24) is 20.1 Å². The van der Waals surface area contributed by atoms with Gasteiger partial charge in [0.05, 0.1) is 25.3 Å². The Morgan fingerprint density at radius 2 is 1.65 bits per heavy atom. The predicted octanol–water partition coefficient (Wildman–Crippen LogP) is 6.02. The van der Waals surface area contributed by atoms with Crippen molar-refractivity contribution in [3.05, 3.63) is 103 Å². The molecule has 0 unspecified atom stereocenters. The van der Waals surface area contributed by atoms with Gasteiger partial charge in [0.2, 0.25) is 11.8 Å². The van der Waals surface area contributed by atoms with Crippen LogP contribution in [0.4, 0.5) is 4.79 Å². The second kappa shape index (κ2) is 18.0. The molecule has 0 aromatic heterocycles. The minimum absolute atomic E-state index is 0.115. The molecule has 1 N–H and O–H groups in total. The van der Waals surface area contributed by atoms with Crippen molar-refractivity contribution in [2.45, 2.75) is 61.7 Å². The largest absolute Gasteiger partial charge is 0.448 e. The molecule has 1 aliphatic carbocycles. The fourth-order valence-corrected chi connectivity index (χ4v) is 7.53. The highest BCUT2D eigenvalue weighted by Crippen LogP contribution is 2.44. The topological polar surface area (TPSA) is 116 Å². The molecule has 0 spiro atoms. The third kappa shape index (κ3) is 8.74. The van der Waals surface area contributed by atoms with Crippen LogP contribution in [-0.2, 0) is 19.1 Å². The molecule has 2 aliphatic rings. The van der Waals surface area contributed by atoms with Crippen LogP contribution in [-0.4, -0.2) is 109 Å². The minimum Gasteiger partial charge on any atom is -0.448 e. The molecule has 3 aromatic rings. The third-order valence-corrected chi connectivity index (χ3v) is 10.8. The fraction of sp³-hybridized carbons (Fsp3) is 0.375. The van der Waals surface area contributed by atoms with E-state index < -0.39 is 30.2 Å². The molecule has 0 saturated carbocycles. The van der Waals surface area contributed by atoms with E-state index in [1.807, 2.05) is 54.6 Å². The number of aliphatic imine (C=N–C) groups is 1. The van der Waals surface area contributed by atoms with Gasteiger partial charge in [0.1, 0.15) is 18.7 Å².